The van der Waals surface area contributed by atoms with Gasteiger partial charge in [0.1, 0.15) is 0 Å². The lowest BCUT2D eigenvalue weighted by Crippen LogP contribution is -2.47. The van der Waals surface area contributed by atoms with E-state index in [0.717, 1.165) is 45.1 Å². The van der Waals surface area contributed by atoms with Crippen molar-refractivity contribution in [3.63, 3.8) is 0 Å². The lowest BCUT2D eigenvalue weighted by molar-refractivity contribution is -0.109. The molecule has 2 saturated heterocycles. The molecule has 5 heteroatoms. The first-order valence-corrected chi connectivity index (χ1v) is 7.58. The number of carbonyl (C=O) groups excluding carboxylic acids is 1. The summed E-state index contributed by atoms with van der Waals surface area (Å²) in [5.41, 5.74) is 0. The van der Waals surface area contributed by atoms with Crippen LogP contribution in [0.3, 0.4) is 0 Å². The van der Waals surface area contributed by atoms with Crippen LogP contribution in [0.1, 0.15) is 19.3 Å². The minimum Gasteiger partial charge on any atom is -0.381 e. The molecule has 0 aliphatic carbocycles. The highest BCUT2D eigenvalue weighted by molar-refractivity contribution is 5.45. The molecule has 19 heavy (non-hydrogen) atoms. The van der Waals surface area contributed by atoms with E-state index in [0.29, 0.717) is 0 Å². The maximum Gasteiger partial charge on any atom is 0.207 e. The molecule has 0 radical (unpaired) electrons. The number of ether oxygens (including phenoxy) is 1. The number of carbonyl (C=O) groups is 1. The van der Waals surface area contributed by atoms with E-state index < -0.39 is 0 Å². The Balaban J connectivity index is 1.50. The molecule has 0 bridgehead atoms. The number of hydrogen-bond donors (Lipinski definition) is 1. The van der Waals surface area contributed by atoms with Crippen LogP contribution >= 0.6 is 0 Å². The number of hydrogen-bond acceptors (Lipinski definition) is 4. The average molecular weight is 269 g/mol. The summed E-state index contributed by atoms with van der Waals surface area (Å²) in [4.78, 5) is 15.2. The fourth-order valence-corrected chi connectivity index (χ4v) is 2.88. The predicted molar refractivity (Wildman–Crippen MR) is 75.1 cm³/mol. The Labute approximate surface area is 116 Å². The zero-order valence-electron chi connectivity index (χ0n) is 11.9. The molecule has 2 rings (SSSR count). The van der Waals surface area contributed by atoms with Gasteiger partial charge in [-0.2, -0.15) is 0 Å². The molecule has 1 amide bonds. The molecule has 2 aliphatic heterocycles. The highest BCUT2D eigenvalue weighted by atomic mass is 16.5. The molecule has 2 aliphatic rings. The van der Waals surface area contributed by atoms with Crippen LogP contribution in [-0.4, -0.2) is 75.2 Å². The lowest BCUT2D eigenvalue weighted by atomic mass is 10.0. The smallest absolute Gasteiger partial charge is 0.207 e. The quantitative estimate of drug-likeness (QED) is 0.504. The zero-order chi connectivity index (χ0) is 13.3. The van der Waals surface area contributed by atoms with Gasteiger partial charge in [-0.25, -0.2) is 0 Å². The highest BCUT2D eigenvalue weighted by Gasteiger charge is 2.19. The van der Waals surface area contributed by atoms with E-state index in [2.05, 4.69) is 15.1 Å². The third kappa shape index (κ3) is 5.47. The van der Waals surface area contributed by atoms with Gasteiger partial charge in [-0.3, -0.25) is 4.79 Å². The maximum atomic E-state index is 10.1. The van der Waals surface area contributed by atoms with Crippen LogP contribution in [0.5, 0.6) is 0 Å². The van der Waals surface area contributed by atoms with Crippen molar-refractivity contribution in [2.45, 2.75) is 19.3 Å². The van der Waals surface area contributed by atoms with E-state index in [4.69, 9.17) is 4.74 Å². The van der Waals surface area contributed by atoms with Crippen LogP contribution in [0.15, 0.2) is 0 Å². The molecule has 0 saturated carbocycles. The van der Waals surface area contributed by atoms with Crippen molar-refractivity contribution in [3.05, 3.63) is 0 Å². The summed E-state index contributed by atoms with van der Waals surface area (Å²) in [6.07, 6.45) is 4.38. The number of nitrogens with zero attached hydrogens (tertiary/aromatic N) is 2. The van der Waals surface area contributed by atoms with E-state index in [9.17, 15) is 4.79 Å². The van der Waals surface area contributed by atoms with Crippen LogP contribution in [0.4, 0.5) is 0 Å². The minimum absolute atomic E-state index is 0.782. The van der Waals surface area contributed by atoms with Crippen LogP contribution < -0.4 is 5.32 Å². The van der Waals surface area contributed by atoms with Crippen LogP contribution in [0.2, 0.25) is 0 Å². The summed E-state index contributed by atoms with van der Waals surface area (Å²) in [5.74, 6) is 0.799. The maximum absolute atomic E-state index is 10.1. The fraction of sp³-hybridized carbons (Fsp3) is 0.929. The number of rotatable bonds is 8. The van der Waals surface area contributed by atoms with Crippen molar-refractivity contribution < 1.29 is 9.53 Å². The summed E-state index contributed by atoms with van der Waals surface area (Å²) in [6, 6.07) is 0. The Kier molecular flexibility index (Phi) is 6.61. The second kappa shape index (κ2) is 8.51. The minimum atomic E-state index is 0.782. The first-order valence-electron chi connectivity index (χ1n) is 7.58. The Hall–Kier alpha value is -0.650. The van der Waals surface area contributed by atoms with Crippen LogP contribution in [0.25, 0.3) is 0 Å². The van der Waals surface area contributed by atoms with Crippen molar-refractivity contribution in [2.75, 3.05) is 59.0 Å². The molecule has 110 valence electrons. The van der Waals surface area contributed by atoms with Gasteiger partial charge < -0.3 is 19.9 Å². The lowest BCUT2D eigenvalue weighted by Gasteiger charge is -2.35. The van der Waals surface area contributed by atoms with Crippen molar-refractivity contribution >= 4 is 6.41 Å². The van der Waals surface area contributed by atoms with Crippen molar-refractivity contribution in [3.8, 4) is 0 Å². The summed E-state index contributed by atoms with van der Waals surface area (Å²) in [6.45, 7) is 9.79. The third-order valence-corrected chi connectivity index (χ3v) is 4.22. The zero-order valence-corrected chi connectivity index (χ0v) is 11.9. The van der Waals surface area contributed by atoms with Gasteiger partial charge in [0.2, 0.25) is 6.41 Å². The van der Waals surface area contributed by atoms with Gasteiger partial charge in [-0.1, -0.05) is 0 Å². The second-order valence-corrected chi connectivity index (χ2v) is 5.63. The first-order chi connectivity index (χ1) is 9.38. The Morgan fingerprint density at radius 3 is 2.53 bits per heavy atom. The Bertz CT molecular complexity index is 249. The topological polar surface area (TPSA) is 44.8 Å². The summed E-state index contributed by atoms with van der Waals surface area (Å²) in [5, 5.41) is 2.72. The van der Waals surface area contributed by atoms with E-state index in [-0.39, 0.29) is 0 Å². The molecule has 0 aromatic rings. The normalized spacial score (nSPS) is 25.6. The largest absolute Gasteiger partial charge is 0.381 e. The molecule has 1 unspecified atom stereocenters. The standard InChI is InChI=1S/C14H27N3O2/c18-13-15-4-1-5-16-7-9-17(10-8-16)6-2-14-3-11-19-12-14/h13-14H,1-12H2,(H,15,18). The van der Waals surface area contributed by atoms with Gasteiger partial charge in [0.15, 0.2) is 0 Å². The van der Waals surface area contributed by atoms with E-state index in [1.165, 1.54) is 45.6 Å². The predicted octanol–water partition coefficient (Wildman–Crippen LogP) is 0.167. The van der Waals surface area contributed by atoms with Gasteiger partial charge in [0.25, 0.3) is 0 Å². The van der Waals surface area contributed by atoms with Gasteiger partial charge >= 0.3 is 0 Å². The molecule has 1 atom stereocenters. The van der Waals surface area contributed by atoms with Crippen LogP contribution in [-0.2, 0) is 9.53 Å². The summed E-state index contributed by atoms with van der Waals surface area (Å²) < 4.78 is 5.42. The van der Waals surface area contributed by atoms with Gasteiger partial charge in [-0.05, 0) is 38.3 Å². The van der Waals surface area contributed by atoms with Gasteiger partial charge in [0, 0.05) is 45.9 Å². The van der Waals surface area contributed by atoms with E-state index >= 15 is 0 Å². The Morgan fingerprint density at radius 2 is 1.89 bits per heavy atom. The fourth-order valence-electron chi connectivity index (χ4n) is 2.88. The molecule has 5 nitrogen and oxygen atoms in total. The molecule has 0 spiro atoms. The van der Waals surface area contributed by atoms with E-state index in [1.54, 1.807) is 0 Å². The van der Waals surface area contributed by atoms with Gasteiger partial charge in [0.05, 0.1) is 0 Å². The van der Waals surface area contributed by atoms with Crippen molar-refractivity contribution in [1.29, 1.82) is 0 Å². The highest BCUT2D eigenvalue weighted by Crippen LogP contribution is 2.17. The molecular formula is C14H27N3O2. The molecular weight excluding hydrogens is 242 g/mol. The molecule has 0 aromatic heterocycles. The van der Waals surface area contributed by atoms with Gasteiger partial charge in [-0.15, -0.1) is 0 Å². The monoisotopic (exact) mass is 269 g/mol. The molecule has 1 N–H and O–H groups in total. The number of nitrogens with one attached hydrogen (secondary N) is 1. The Morgan fingerprint density at radius 1 is 1.16 bits per heavy atom. The molecule has 0 aromatic carbocycles. The molecule has 2 heterocycles. The van der Waals surface area contributed by atoms with Crippen LogP contribution in [0, 0.1) is 5.92 Å². The summed E-state index contributed by atoms with van der Waals surface area (Å²) in [7, 11) is 0. The molecule has 2 fully saturated rings. The summed E-state index contributed by atoms with van der Waals surface area (Å²) >= 11 is 0. The van der Waals surface area contributed by atoms with Crippen molar-refractivity contribution in [1.82, 2.24) is 15.1 Å². The average Bonchev–Trinajstić information content (AvgIpc) is 2.96. The number of amides is 1. The third-order valence-electron chi connectivity index (χ3n) is 4.22. The first kappa shape index (κ1) is 14.8. The SMILES string of the molecule is O=CNCCCN1CCN(CCC2CCOC2)CC1. The van der Waals surface area contributed by atoms with E-state index in [1.807, 2.05) is 0 Å². The second-order valence-electron chi connectivity index (χ2n) is 5.63. The van der Waals surface area contributed by atoms with Crippen molar-refractivity contribution in [2.24, 2.45) is 5.92 Å². The number of piperazine rings is 1.